The average molecular weight is 353 g/mol. The minimum absolute atomic E-state index is 0.217. The van der Waals surface area contributed by atoms with E-state index in [0.717, 1.165) is 16.7 Å². The zero-order valence-electron chi connectivity index (χ0n) is 16.3. The van der Waals surface area contributed by atoms with Gasteiger partial charge in [0.2, 0.25) is 0 Å². The molecule has 0 fully saturated rings. The van der Waals surface area contributed by atoms with Crippen LogP contribution in [0.3, 0.4) is 0 Å². The molecular formula is C21H27N3O2. The Morgan fingerprint density at radius 3 is 2.12 bits per heavy atom. The molecule has 0 aliphatic carbocycles. The number of phenolic OH excluding ortho intramolecular Hbond substituents is 1. The lowest BCUT2D eigenvalue weighted by atomic mass is 9.78. The number of phenols is 1. The second kappa shape index (κ2) is 7.28. The van der Waals surface area contributed by atoms with Gasteiger partial charge in [0.25, 0.3) is 5.91 Å². The van der Waals surface area contributed by atoms with Crippen LogP contribution in [0.15, 0.2) is 41.6 Å². The molecule has 1 heterocycles. The number of nitrogens with one attached hydrogen (secondary N) is 1. The van der Waals surface area contributed by atoms with E-state index in [9.17, 15) is 9.90 Å². The number of carbonyl (C=O) groups is 1. The normalized spacial score (nSPS) is 12.4. The van der Waals surface area contributed by atoms with Crippen molar-refractivity contribution in [1.29, 1.82) is 0 Å². The van der Waals surface area contributed by atoms with E-state index in [1.807, 2.05) is 12.1 Å². The summed E-state index contributed by atoms with van der Waals surface area (Å²) in [4.78, 5) is 16.0. The maximum atomic E-state index is 12.0. The van der Waals surface area contributed by atoms with Gasteiger partial charge in [0.05, 0.1) is 6.21 Å². The number of hydrogen-bond acceptors (Lipinski definition) is 4. The number of nitrogens with zero attached hydrogens (tertiary/aromatic N) is 2. The van der Waals surface area contributed by atoms with Gasteiger partial charge in [-0.15, -0.1) is 0 Å². The van der Waals surface area contributed by atoms with Crippen LogP contribution in [0.1, 0.15) is 68.7 Å². The Labute approximate surface area is 155 Å². The van der Waals surface area contributed by atoms with Gasteiger partial charge in [-0.25, -0.2) is 5.43 Å². The Morgan fingerprint density at radius 2 is 1.65 bits per heavy atom. The van der Waals surface area contributed by atoms with Crippen molar-refractivity contribution in [3.63, 3.8) is 0 Å². The largest absolute Gasteiger partial charge is 0.507 e. The molecule has 5 heteroatoms. The molecule has 0 atom stereocenters. The highest BCUT2D eigenvalue weighted by Crippen LogP contribution is 2.39. The Kier molecular flexibility index (Phi) is 5.50. The number of pyridine rings is 1. The number of hydrogen-bond donors (Lipinski definition) is 2. The molecule has 2 N–H and O–H groups in total. The summed E-state index contributed by atoms with van der Waals surface area (Å²) in [6.45, 7) is 12.3. The summed E-state index contributed by atoms with van der Waals surface area (Å²) in [5.41, 5.74) is 4.87. The lowest BCUT2D eigenvalue weighted by molar-refractivity contribution is 0.0950. The van der Waals surface area contributed by atoms with Crippen LogP contribution in [0.5, 0.6) is 5.75 Å². The lowest BCUT2D eigenvalue weighted by Crippen LogP contribution is -2.19. The molecule has 0 radical (unpaired) electrons. The van der Waals surface area contributed by atoms with Gasteiger partial charge in [0, 0.05) is 17.3 Å². The predicted molar refractivity (Wildman–Crippen MR) is 105 cm³/mol. The standard InChI is InChI=1S/C21H27N3O2/c1-20(2,3)15-11-14(12-16(18(15)25)21(4,5)6)13-23-24-19(26)17-9-7-8-10-22-17/h7-13,25H,1-6H3,(H,24,26)/b23-13+. The highest BCUT2D eigenvalue weighted by molar-refractivity contribution is 5.93. The summed E-state index contributed by atoms with van der Waals surface area (Å²) in [5, 5.41) is 14.8. The first kappa shape index (κ1) is 19.6. The number of hydrazone groups is 1. The van der Waals surface area contributed by atoms with E-state index >= 15 is 0 Å². The third-order valence-corrected chi connectivity index (χ3v) is 4.03. The van der Waals surface area contributed by atoms with E-state index in [4.69, 9.17) is 0 Å². The molecule has 0 spiro atoms. The summed E-state index contributed by atoms with van der Waals surface area (Å²) >= 11 is 0. The van der Waals surface area contributed by atoms with Crippen molar-refractivity contribution in [1.82, 2.24) is 10.4 Å². The van der Waals surface area contributed by atoms with Crippen LogP contribution >= 0.6 is 0 Å². The molecule has 1 amide bonds. The Bertz CT molecular complexity index is 778. The zero-order valence-corrected chi connectivity index (χ0v) is 16.3. The minimum Gasteiger partial charge on any atom is -0.507 e. The van der Waals surface area contributed by atoms with Crippen LogP contribution in [0.4, 0.5) is 0 Å². The van der Waals surface area contributed by atoms with Crippen molar-refractivity contribution < 1.29 is 9.90 Å². The van der Waals surface area contributed by atoms with E-state index < -0.39 is 0 Å². The van der Waals surface area contributed by atoms with E-state index in [1.54, 1.807) is 30.6 Å². The predicted octanol–water partition coefficient (Wildman–Crippen LogP) is 4.15. The summed E-state index contributed by atoms with van der Waals surface area (Å²) in [7, 11) is 0. The van der Waals surface area contributed by atoms with Crippen molar-refractivity contribution in [3.8, 4) is 5.75 Å². The molecule has 2 rings (SSSR count). The number of benzene rings is 1. The van der Waals surface area contributed by atoms with Gasteiger partial charge < -0.3 is 5.11 Å². The van der Waals surface area contributed by atoms with Gasteiger partial charge in [-0.2, -0.15) is 5.10 Å². The Hall–Kier alpha value is -2.69. The van der Waals surface area contributed by atoms with Gasteiger partial charge >= 0.3 is 0 Å². The third kappa shape index (κ3) is 4.69. The second-order valence-corrected chi connectivity index (χ2v) is 8.38. The SMILES string of the molecule is CC(C)(C)c1cc(/C=N/NC(=O)c2ccccn2)cc(C(C)(C)C)c1O. The average Bonchev–Trinajstić information content (AvgIpc) is 2.54. The van der Waals surface area contributed by atoms with Crippen molar-refractivity contribution in [3.05, 3.63) is 58.9 Å². The second-order valence-electron chi connectivity index (χ2n) is 8.38. The topological polar surface area (TPSA) is 74.6 Å². The molecule has 2 aromatic rings. The molecule has 1 aromatic carbocycles. The van der Waals surface area contributed by atoms with E-state index in [-0.39, 0.29) is 16.7 Å². The molecule has 0 saturated heterocycles. The smallest absolute Gasteiger partial charge is 0.289 e. The maximum absolute atomic E-state index is 12.0. The maximum Gasteiger partial charge on any atom is 0.289 e. The van der Waals surface area contributed by atoms with Crippen molar-refractivity contribution >= 4 is 12.1 Å². The fraction of sp³-hybridized carbons (Fsp3) is 0.381. The molecular weight excluding hydrogens is 326 g/mol. The third-order valence-electron chi connectivity index (χ3n) is 4.03. The van der Waals surface area contributed by atoms with Crippen LogP contribution < -0.4 is 5.43 Å². The highest BCUT2D eigenvalue weighted by Gasteiger charge is 2.26. The first-order valence-electron chi connectivity index (χ1n) is 8.62. The molecule has 0 aliphatic heterocycles. The monoisotopic (exact) mass is 353 g/mol. The van der Waals surface area contributed by atoms with Gasteiger partial charge in [-0.3, -0.25) is 9.78 Å². The molecule has 26 heavy (non-hydrogen) atoms. The van der Waals surface area contributed by atoms with Crippen LogP contribution in [0.25, 0.3) is 0 Å². The molecule has 5 nitrogen and oxygen atoms in total. The summed E-state index contributed by atoms with van der Waals surface area (Å²) in [6.07, 6.45) is 3.15. The molecule has 0 aliphatic rings. The lowest BCUT2D eigenvalue weighted by Gasteiger charge is -2.27. The van der Waals surface area contributed by atoms with Crippen molar-refractivity contribution in [2.24, 2.45) is 5.10 Å². The first-order chi connectivity index (χ1) is 12.0. The van der Waals surface area contributed by atoms with Crippen LogP contribution in [-0.4, -0.2) is 22.2 Å². The highest BCUT2D eigenvalue weighted by atomic mass is 16.3. The fourth-order valence-corrected chi connectivity index (χ4v) is 2.59. The van der Waals surface area contributed by atoms with Gasteiger partial charge in [0.1, 0.15) is 11.4 Å². The van der Waals surface area contributed by atoms with Crippen LogP contribution in [0.2, 0.25) is 0 Å². The van der Waals surface area contributed by atoms with Gasteiger partial charge in [-0.1, -0.05) is 47.6 Å². The number of aromatic nitrogens is 1. The quantitative estimate of drug-likeness (QED) is 0.643. The van der Waals surface area contributed by atoms with Crippen molar-refractivity contribution in [2.45, 2.75) is 52.4 Å². The van der Waals surface area contributed by atoms with Gasteiger partial charge in [-0.05, 0) is 40.7 Å². The minimum atomic E-state index is -0.368. The summed E-state index contributed by atoms with van der Waals surface area (Å²) < 4.78 is 0. The Balaban J connectivity index is 2.33. The molecule has 138 valence electrons. The summed E-state index contributed by atoms with van der Waals surface area (Å²) in [5.74, 6) is -0.0487. The summed E-state index contributed by atoms with van der Waals surface area (Å²) in [6, 6.07) is 8.93. The molecule has 0 saturated carbocycles. The number of aromatic hydroxyl groups is 1. The fourth-order valence-electron chi connectivity index (χ4n) is 2.59. The van der Waals surface area contributed by atoms with Crippen LogP contribution in [0, 0.1) is 0 Å². The van der Waals surface area contributed by atoms with Crippen LogP contribution in [-0.2, 0) is 10.8 Å². The number of carbonyl (C=O) groups excluding carboxylic acids is 1. The van der Waals surface area contributed by atoms with E-state index in [2.05, 4.69) is 57.1 Å². The number of amides is 1. The molecule has 0 bridgehead atoms. The van der Waals surface area contributed by atoms with Gasteiger partial charge in [0.15, 0.2) is 0 Å². The first-order valence-corrected chi connectivity index (χ1v) is 8.62. The van der Waals surface area contributed by atoms with Crippen molar-refractivity contribution in [2.75, 3.05) is 0 Å². The number of rotatable bonds is 3. The Morgan fingerprint density at radius 1 is 1.08 bits per heavy atom. The van der Waals surface area contributed by atoms with E-state index in [1.165, 1.54) is 0 Å². The van der Waals surface area contributed by atoms with E-state index in [0.29, 0.717) is 11.4 Å². The zero-order chi connectivity index (χ0) is 19.5. The molecule has 1 aromatic heterocycles. The molecule has 0 unspecified atom stereocenters.